The SMILES string of the molecule is CC(C)NCc1cnc(SC(C)C(C)O)nc1. The minimum absolute atomic E-state index is 0.106. The predicted molar refractivity (Wildman–Crippen MR) is 71.0 cm³/mol. The largest absolute Gasteiger partial charge is 0.392 e. The van der Waals surface area contributed by atoms with E-state index < -0.39 is 0 Å². The topological polar surface area (TPSA) is 58.0 Å². The molecular formula is C12H21N3OS. The van der Waals surface area contributed by atoms with Crippen molar-refractivity contribution in [3.63, 3.8) is 0 Å². The van der Waals surface area contributed by atoms with E-state index >= 15 is 0 Å². The number of thioether (sulfide) groups is 1. The third-order valence-electron chi connectivity index (χ3n) is 2.37. The summed E-state index contributed by atoms with van der Waals surface area (Å²) >= 11 is 1.49. The van der Waals surface area contributed by atoms with Crippen molar-refractivity contribution in [1.29, 1.82) is 0 Å². The highest BCUT2D eigenvalue weighted by molar-refractivity contribution is 7.99. The third kappa shape index (κ3) is 5.48. The molecule has 2 atom stereocenters. The third-order valence-corrected chi connectivity index (χ3v) is 3.55. The van der Waals surface area contributed by atoms with Gasteiger partial charge in [-0.05, 0) is 6.92 Å². The van der Waals surface area contributed by atoms with Gasteiger partial charge < -0.3 is 10.4 Å². The van der Waals surface area contributed by atoms with Gasteiger partial charge in [0.25, 0.3) is 0 Å². The fourth-order valence-electron chi connectivity index (χ4n) is 1.08. The van der Waals surface area contributed by atoms with Gasteiger partial charge in [0, 0.05) is 35.8 Å². The van der Waals surface area contributed by atoms with Crippen molar-refractivity contribution in [2.24, 2.45) is 0 Å². The average molecular weight is 255 g/mol. The Kier molecular flexibility index (Phi) is 5.88. The Morgan fingerprint density at radius 1 is 1.24 bits per heavy atom. The molecule has 96 valence electrons. The lowest BCUT2D eigenvalue weighted by Gasteiger charge is -2.12. The van der Waals surface area contributed by atoms with Crippen LogP contribution in [0.1, 0.15) is 33.3 Å². The van der Waals surface area contributed by atoms with Gasteiger partial charge in [0.2, 0.25) is 0 Å². The Balaban J connectivity index is 2.50. The van der Waals surface area contributed by atoms with E-state index in [0.717, 1.165) is 12.1 Å². The minimum Gasteiger partial charge on any atom is -0.392 e. The fraction of sp³-hybridized carbons (Fsp3) is 0.667. The molecular weight excluding hydrogens is 234 g/mol. The Hall–Kier alpha value is -0.650. The summed E-state index contributed by atoms with van der Waals surface area (Å²) in [4.78, 5) is 8.56. The van der Waals surface area contributed by atoms with E-state index in [9.17, 15) is 5.11 Å². The van der Waals surface area contributed by atoms with E-state index in [-0.39, 0.29) is 11.4 Å². The number of hydrogen-bond acceptors (Lipinski definition) is 5. The number of hydrogen-bond donors (Lipinski definition) is 2. The molecule has 0 amide bonds. The van der Waals surface area contributed by atoms with Gasteiger partial charge in [0.15, 0.2) is 5.16 Å². The summed E-state index contributed by atoms with van der Waals surface area (Å²) in [6.07, 6.45) is 3.31. The first kappa shape index (κ1) is 14.4. The molecule has 0 fully saturated rings. The molecule has 0 aliphatic rings. The van der Waals surface area contributed by atoms with E-state index in [0.29, 0.717) is 11.2 Å². The molecule has 0 radical (unpaired) electrons. The van der Waals surface area contributed by atoms with Gasteiger partial charge in [0.05, 0.1) is 6.10 Å². The number of rotatable bonds is 6. The first-order valence-corrected chi connectivity index (χ1v) is 6.76. The molecule has 17 heavy (non-hydrogen) atoms. The van der Waals surface area contributed by atoms with Crippen LogP contribution in [0.3, 0.4) is 0 Å². The second-order valence-electron chi connectivity index (χ2n) is 4.47. The van der Waals surface area contributed by atoms with Crippen molar-refractivity contribution in [3.05, 3.63) is 18.0 Å². The number of aromatic nitrogens is 2. The normalized spacial score (nSPS) is 14.9. The standard InChI is InChI=1S/C12H21N3OS/c1-8(2)13-5-11-6-14-12(15-7-11)17-10(4)9(3)16/h6-10,13,16H,5H2,1-4H3. The highest BCUT2D eigenvalue weighted by Crippen LogP contribution is 2.21. The van der Waals surface area contributed by atoms with Crippen LogP contribution in [0.5, 0.6) is 0 Å². The van der Waals surface area contributed by atoms with Gasteiger partial charge in [0.1, 0.15) is 0 Å². The highest BCUT2D eigenvalue weighted by Gasteiger charge is 2.11. The number of nitrogens with one attached hydrogen (secondary N) is 1. The van der Waals surface area contributed by atoms with Crippen LogP contribution < -0.4 is 5.32 Å². The predicted octanol–water partition coefficient (Wildman–Crippen LogP) is 1.84. The van der Waals surface area contributed by atoms with Crippen molar-refractivity contribution in [1.82, 2.24) is 15.3 Å². The monoisotopic (exact) mass is 255 g/mol. The number of aliphatic hydroxyl groups excluding tert-OH is 1. The Morgan fingerprint density at radius 2 is 1.82 bits per heavy atom. The van der Waals surface area contributed by atoms with Crippen molar-refractivity contribution < 1.29 is 5.11 Å². The van der Waals surface area contributed by atoms with Gasteiger partial charge in [-0.1, -0.05) is 32.5 Å². The van der Waals surface area contributed by atoms with E-state index in [2.05, 4.69) is 29.1 Å². The van der Waals surface area contributed by atoms with Crippen molar-refractivity contribution in [2.75, 3.05) is 0 Å². The van der Waals surface area contributed by atoms with Gasteiger partial charge in [-0.2, -0.15) is 0 Å². The van der Waals surface area contributed by atoms with Gasteiger partial charge in [-0.15, -0.1) is 0 Å². The molecule has 0 spiro atoms. The maximum absolute atomic E-state index is 9.40. The molecule has 0 aliphatic heterocycles. The first-order valence-electron chi connectivity index (χ1n) is 5.88. The molecule has 4 nitrogen and oxygen atoms in total. The van der Waals surface area contributed by atoms with Gasteiger partial charge in [-0.25, -0.2) is 9.97 Å². The summed E-state index contributed by atoms with van der Waals surface area (Å²) in [5.74, 6) is 0. The second-order valence-corrected chi connectivity index (χ2v) is 5.82. The minimum atomic E-state index is -0.356. The van der Waals surface area contributed by atoms with Crippen LogP contribution >= 0.6 is 11.8 Å². The van der Waals surface area contributed by atoms with Crippen molar-refractivity contribution >= 4 is 11.8 Å². The molecule has 1 aromatic rings. The fourth-order valence-corrected chi connectivity index (χ4v) is 1.84. The van der Waals surface area contributed by atoms with Crippen LogP contribution in [0.2, 0.25) is 0 Å². The zero-order chi connectivity index (χ0) is 12.8. The Morgan fingerprint density at radius 3 is 2.29 bits per heavy atom. The summed E-state index contributed by atoms with van der Waals surface area (Å²) in [7, 11) is 0. The zero-order valence-corrected chi connectivity index (χ0v) is 11.7. The lowest BCUT2D eigenvalue weighted by Crippen LogP contribution is -2.22. The van der Waals surface area contributed by atoms with Crippen LogP contribution in [-0.4, -0.2) is 32.5 Å². The van der Waals surface area contributed by atoms with Gasteiger partial charge >= 0.3 is 0 Å². The van der Waals surface area contributed by atoms with Crippen LogP contribution in [0.4, 0.5) is 0 Å². The molecule has 1 rings (SSSR count). The van der Waals surface area contributed by atoms with Crippen molar-refractivity contribution in [2.45, 2.75) is 56.8 Å². The number of nitrogens with zero attached hydrogens (tertiary/aromatic N) is 2. The molecule has 0 aliphatic carbocycles. The van der Waals surface area contributed by atoms with Gasteiger partial charge in [-0.3, -0.25) is 0 Å². The Labute approximate surface area is 107 Å². The molecule has 5 heteroatoms. The second kappa shape index (κ2) is 6.93. The van der Waals surface area contributed by atoms with E-state index in [4.69, 9.17) is 0 Å². The quantitative estimate of drug-likeness (QED) is 0.600. The van der Waals surface area contributed by atoms with Crippen LogP contribution in [-0.2, 0) is 6.54 Å². The summed E-state index contributed by atoms with van der Waals surface area (Å²) in [5, 5.41) is 13.5. The molecule has 0 saturated heterocycles. The molecule has 1 heterocycles. The highest BCUT2D eigenvalue weighted by atomic mass is 32.2. The smallest absolute Gasteiger partial charge is 0.187 e. The van der Waals surface area contributed by atoms with Crippen LogP contribution in [0.25, 0.3) is 0 Å². The lowest BCUT2D eigenvalue weighted by atomic mass is 10.3. The maximum Gasteiger partial charge on any atom is 0.187 e. The molecule has 2 N–H and O–H groups in total. The Bertz CT molecular complexity index is 327. The molecule has 0 aromatic carbocycles. The molecule has 1 aromatic heterocycles. The van der Waals surface area contributed by atoms with Crippen molar-refractivity contribution in [3.8, 4) is 0 Å². The molecule has 0 saturated carbocycles. The first-order chi connectivity index (χ1) is 7.99. The maximum atomic E-state index is 9.40. The van der Waals surface area contributed by atoms with E-state index in [1.165, 1.54) is 11.8 Å². The summed E-state index contributed by atoms with van der Waals surface area (Å²) in [6.45, 7) is 8.74. The van der Waals surface area contributed by atoms with Crippen LogP contribution in [0, 0.1) is 0 Å². The molecule has 0 bridgehead atoms. The number of aliphatic hydroxyl groups is 1. The average Bonchev–Trinajstić information content (AvgIpc) is 2.28. The zero-order valence-electron chi connectivity index (χ0n) is 10.8. The summed E-state index contributed by atoms with van der Waals surface area (Å²) < 4.78 is 0. The van der Waals surface area contributed by atoms with E-state index in [1.807, 2.05) is 19.3 Å². The summed E-state index contributed by atoms with van der Waals surface area (Å²) in [5.41, 5.74) is 1.08. The lowest BCUT2D eigenvalue weighted by molar-refractivity contribution is 0.196. The van der Waals surface area contributed by atoms with E-state index in [1.54, 1.807) is 6.92 Å². The molecule has 2 unspecified atom stereocenters. The summed E-state index contributed by atoms with van der Waals surface area (Å²) in [6, 6.07) is 0.458. The van der Waals surface area contributed by atoms with Crippen LogP contribution in [0.15, 0.2) is 17.6 Å².